The first-order valence-electron chi connectivity index (χ1n) is 40.5. The molecular weight excluding hydrogens is 1340 g/mol. The normalized spacial score (nSPS) is 14.7. The molecule has 5 atom stereocenters. The molecule has 0 fully saturated rings. The van der Waals surface area contributed by atoms with Crippen LogP contribution in [0.1, 0.15) is 329 Å². The predicted octanol–water partition coefficient (Wildman–Crippen LogP) is 23.9. The van der Waals surface area contributed by atoms with Gasteiger partial charge in [0, 0.05) is 19.3 Å². The Morgan fingerprint density at radius 3 is 0.854 bits per heavy atom. The van der Waals surface area contributed by atoms with Crippen molar-refractivity contribution < 1.29 is 75.8 Å². The molecule has 0 aromatic rings. The lowest BCUT2D eigenvalue weighted by Gasteiger charge is -2.21. The first-order valence-corrected chi connectivity index (χ1v) is 43.5. The van der Waals surface area contributed by atoms with Gasteiger partial charge >= 0.3 is 33.6 Å². The lowest BCUT2D eigenvalue weighted by atomic mass is 10.0. The Labute approximate surface area is 626 Å². The molecule has 0 aromatic heterocycles. The molecule has 0 amide bonds. The summed E-state index contributed by atoms with van der Waals surface area (Å²) in [6.45, 7) is 2.44. The molecule has 0 spiro atoms. The van der Waals surface area contributed by atoms with Gasteiger partial charge in [-0.25, -0.2) is 9.13 Å². The van der Waals surface area contributed by atoms with Crippen LogP contribution < -0.4 is 0 Å². The number of hydrogen-bond donors (Lipinski definition) is 4. The van der Waals surface area contributed by atoms with Crippen molar-refractivity contribution in [3.8, 4) is 0 Å². The van der Waals surface area contributed by atoms with Gasteiger partial charge in [-0.1, -0.05) is 309 Å². The van der Waals surface area contributed by atoms with Crippen molar-refractivity contribution in [1.29, 1.82) is 0 Å². The molecule has 4 N–H and O–H groups in total. The number of aliphatic hydroxyl groups is 2. The molecular formula is C85H146O16P2. The highest BCUT2D eigenvalue weighted by Crippen LogP contribution is 2.45. The summed E-state index contributed by atoms with van der Waals surface area (Å²) in [4.78, 5) is 58.6. The number of ether oxygens (including phenoxy) is 3. The summed E-state index contributed by atoms with van der Waals surface area (Å²) >= 11 is 0. The number of allylic oxidation sites excluding steroid dienone is 22. The van der Waals surface area contributed by atoms with Gasteiger partial charge < -0.3 is 34.2 Å². The Hall–Kier alpha value is -4.31. The third-order valence-electron chi connectivity index (χ3n) is 16.8. The lowest BCUT2D eigenvalue weighted by Crippen LogP contribution is -2.30. The van der Waals surface area contributed by atoms with Crippen molar-refractivity contribution >= 4 is 33.6 Å². The van der Waals surface area contributed by atoms with Gasteiger partial charge in [0.15, 0.2) is 6.10 Å². The molecule has 0 rings (SSSR count). The summed E-state index contributed by atoms with van der Waals surface area (Å²) < 4.78 is 61.1. The zero-order valence-electron chi connectivity index (χ0n) is 64.7. The van der Waals surface area contributed by atoms with E-state index in [9.17, 15) is 43.5 Å². The topological polar surface area (TPSA) is 231 Å². The van der Waals surface area contributed by atoms with E-state index < -0.39 is 91.5 Å². The monoisotopic (exact) mass is 1490 g/mol. The summed E-state index contributed by atoms with van der Waals surface area (Å²) in [6.07, 6.45) is 93.8. The highest BCUT2D eigenvalue weighted by atomic mass is 31.2. The SMILES string of the molecule is CC/C=C\C/C=C\C/C=C\C/C=C\C/C=C\CCCCCCCC(=O)OCC(COP(=O)(O)OCC(O)COP(=O)(O)OCC(O)COC(=O)CCCCCCCCCCCCCCCCCCC/C=C\C/C=C\C/C=C\C/C=C\CCCCC)OC(=O)CCCCCCC/C=C\C/C=C\CCC. The molecule has 0 aliphatic rings. The number of unbranched alkanes of at least 4 members (excludes halogenated alkanes) is 31. The summed E-state index contributed by atoms with van der Waals surface area (Å²) in [5.41, 5.74) is 0. The van der Waals surface area contributed by atoms with Crippen molar-refractivity contribution in [3.63, 3.8) is 0 Å². The van der Waals surface area contributed by atoms with Gasteiger partial charge in [0.2, 0.25) is 0 Å². The van der Waals surface area contributed by atoms with Crippen molar-refractivity contribution in [2.45, 2.75) is 347 Å². The summed E-state index contributed by atoms with van der Waals surface area (Å²) in [7, 11) is -9.80. The number of esters is 3. The average Bonchev–Trinajstić information content (AvgIpc) is 0.944. The number of phosphoric ester groups is 2. The molecule has 103 heavy (non-hydrogen) atoms. The van der Waals surface area contributed by atoms with E-state index >= 15 is 0 Å². The molecule has 0 aromatic carbocycles. The van der Waals surface area contributed by atoms with Crippen molar-refractivity contribution in [1.82, 2.24) is 0 Å². The van der Waals surface area contributed by atoms with Crippen LogP contribution in [0.5, 0.6) is 0 Å². The van der Waals surface area contributed by atoms with Gasteiger partial charge in [0.1, 0.15) is 25.4 Å². The Balaban J connectivity index is 4.43. The minimum absolute atomic E-state index is 0.0809. The quantitative estimate of drug-likeness (QED) is 0.0146. The predicted molar refractivity (Wildman–Crippen MR) is 426 cm³/mol. The Morgan fingerprint density at radius 1 is 0.282 bits per heavy atom. The van der Waals surface area contributed by atoms with Crippen LogP contribution in [-0.4, -0.2) is 95.9 Å². The molecule has 5 unspecified atom stereocenters. The Morgan fingerprint density at radius 2 is 0.534 bits per heavy atom. The Bertz CT molecular complexity index is 2410. The van der Waals surface area contributed by atoms with E-state index in [4.69, 9.17) is 32.3 Å². The van der Waals surface area contributed by atoms with E-state index in [2.05, 4.69) is 154 Å². The van der Waals surface area contributed by atoms with E-state index in [1.165, 1.54) is 116 Å². The highest BCUT2D eigenvalue weighted by molar-refractivity contribution is 7.47. The minimum atomic E-state index is -4.94. The van der Waals surface area contributed by atoms with Crippen LogP contribution in [0.2, 0.25) is 0 Å². The number of rotatable bonds is 76. The average molecular weight is 1490 g/mol. The van der Waals surface area contributed by atoms with Gasteiger partial charge in [-0.05, 0) is 135 Å². The third-order valence-corrected chi connectivity index (χ3v) is 18.7. The zero-order chi connectivity index (χ0) is 75.2. The fraction of sp³-hybridized carbons (Fsp3) is 0.706. The Kier molecular flexibility index (Phi) is 74.1. The smallest absolute Gasteiger partial charge is 0.463 e. The van der Waals surface area contributed by atoms with E-state index in [0.717, 1.165) is 154 Å². The number of hydrogen-bond acceptors (Lipinski definition) is 14. The maximum Gasteiger partial charge on any atom is 0.472 e. The second-order valence-electron chi connectivity index (χ2n) is 26.8. The van der Waals surface area contributed by atoms with E-state index in [1.54, 1.807) is 0 Å². The fourth-order valence-corrected chi connectivity index (χ4v) is 12.3. The lowest BCUT2D eigenvalue weighted by molar-refractivity contribution is -0.161. The van der Waals surface area contributed by atoms with Gasteiger partial charge in [0.25, 0.3) is 0 Å². The van der Waals surface area contributed by atoms with Crippen LogP contribution in [0.3, 0.4) is 0 Å². The van der Waals surface area contributed by atoms with Crippen molar-refractivity contribution in [2.24, 2.45) is 0 Å². The molecule has 0 aliphatic heterocycles. The van der Waals surface area contributed by atoms with Crippen molar-refractivity contribution in [3.05, 3.63) is 134 Å². The van der Waals surface area contributed by atoms with Gasteiger partial charge in [0.05, 0.1) is 26.4 Å². The van der Waals surface area contributed by atoms with Crippen LogP contribution in [0, 0.1) is 0 Å². The molecule has 0 saturated carbocycles. The van der Waals surface area contributed by atoms with Gasteiger partial charge in [-0.2, -0.15) is 0 Å². The van der Waals surface area contributed by atoms with Gasteiger partial charge in [-0.15, -0.1) is 0 Å². The number of phosphoric acid groups is 2. The molecule has 0 bridgehead atoms. The fourth-order valence-electron chi connectivity index (χ4n) is 10.7. The van der Waals surface area contributed by atoms with Crippen LogP contribution in [-0.2, 0) is 55.8 Å². The van der Waals surface area contributed by atoms with Crippen LogP contribution >= 0.6 is 15.6 Å². The maximum atomic E-state index is 12.9. The maximum absolute atomic E-state index is 12.9. The molecule has 18 heteroatoms. The largest absolute Gasteiger partial charge is 0.472 e. The second-order valence-corrected chi connectivity index (χ2v) is 29.7. The van der Waals surface area contributed by atoms with Gasteiger partial charge in [-0.3, -0.25) is 32.5 Å². The second kappa shape index (κ2) is 77.3. The number of carbonyl (C=O) groups is 3. The molecule has 0 saturated heterocycles. The van der Waals surface area contributed by atoms with Crippen LogP contribution in [0.4, 0.5) is 0 Å². The molecule has 0 radical (unpaired) electrons. The van der Waals surface area contributed by atoms with E-state index in [1.807, 2.05) is 0 Å². The molecule has 592 valence electrons. The first-order chi connectivity index (χ1) is 50.2. The molecule has 0 heterocycles. The standard InChI is InChI=1S/C85H146O16P2/c1-4-7-10-13-16-19-22-25-27-29-31-33-34-35-36-37-38-39-40-41-42-43-44-46-48-49-51-54-56-59-62-65-68-71-83(88)95-74-80(86)75-97-102(91,92)98-76-81(87)77-99-103(93,94)100-79-82(101-85(90)73-70-67-64-61-58-53-24-21-18-15-12-9-6-3)78-96-84(89)72-69-66-63-60-57-55-52-50-47-45-32-30-28-26-23-20-17-14-11-8-5-2/h8,11-12,15-17,19-21,24-28,31-33,35-36,45,50,52,80-82,86-87H,4-7,9-10,13-14,18,22-23,29-30,34,37-44,46-49,51,53-79H2,1-3H3,(H,91,92)(H,93,94)/b11-8-,15-12-,19-16-,20-17-,24-21-,27-25-,28-26-,33-31-,36-35-,45-32-,52-50-. The molecule has 16 nitrogen and oxygen atoms in total. The third kappa shape index (κ3) is 78.6. The number of aliphatic hydroxyl groups excluding tert-OH is 2. The molecule has 0 aliphatic carbocycles. The summed E-state index contributed by atoms with van der Waals surface area (Å²) in [5.74, 6) is -1.61. The highest BCUT2D eigenvalue weighted by Gasteiger charge is 2.29. The van der Waals surface area contributed by atoms with E-state index in [0.29, 0.717) is 19.3 Å². The summed E-state index contributed by atoms with van der Waals surface area (Å²) in [5, 5.41) is 20.6. The summed E-state index contributed by atoms with van der Waals surface area (Å²) in [6, 6.07) is 0. The first kappa shape index (κ1) is 98.7. The van der Waals surface area contributed by atoms with Crippen LogP contribution in [0.15, 0.2) is 134 Å². The van der Waals surface area contributed by atoms with E-state index in [-0.39, 0.29) is 19.3 Å². The van der Waals surface area contributed by atoms with Crippen LogP contribution in [0.25, 0.3) is 0 Å². The zero-order valence-corrected chi connectivity index (χ0v) is 66.5. The number of carbonyl (C=O) groups excluding carboxylic acids is 3. The minimum Gasteiger partial charge on any atom is -0.463 e. The van der Waals surface area contributed by atoms with Crippen molar-refractivity contribution in [2.75, 3.05) is 39.6 Å².